The van der Waals surface area contributed by atoms with E-state index in [0.29, 0.717) is 0 Å². The summed E-state index contributed by atoms with van der Waals surface area (Å²) >= 11 is 1.82. The molecule has 0 saturated heterocycles. The molecule has 0 bridgehead atoms. The van der Waals surface area contributed by atoms with Gasteiger partial charge in [-0.2, -0.15) is 0 Å². The zero-order valence-corrected chi connectivity index (χ0v) is 16.6. The highest BCUT2D eigenvalue weighted by Crippen LogP contribution is 2.21. The number of unbranched alkanes of at least 4 members (excludes halogenated alkanes) is 3. The van der Waals surface area contributed by atoms with E-state index in [1.807, 2.05) is 11.8 Å². The molecule has 0 fully saturated rings. The third-order valence-electron chi connectivity index (χ3n) is 3.41. The highest BCUT2D eigenvalue weighted by Gasteiger charge is 2.10. The minimum Gasteiger partial charge on any atom is -0.0984 e. The van der Waals surface area contributed by atoms with Crippen molar-refractivity contribution in [1.82, 2.24) is 0 Å². The van der Waals surface area contributed by atoms with E-state index in [1.54, 1.807) is 5.57 Å². The van der Waals surface area contributed by atoms with Crippen LogP contribution in [0.15, 0.2) is 58.0 Å². The van der Waals surface area contributed by atoms with Crippen molar-refractivity contribution in [2.45, 2.75) is 70.0 Å². The van der Waals surface area contributed by atoms with Gasteiger partial charge in [0, 0.05) is 4.90 Å². The second kappa shape index (κ2) is 10.9. The molecule has 0 aliphatic rings. The van der Waals surface area contributed by atoms with Crippen molar-refractivity contribution in [1.29, 1.82) is 0 Å². The Balaban J connectivity index is 2.48. The van der Waals surface area contributed by atoms with Gasteiger partial charge in [-0.1, -0.05) is 93.1 Å². The monoisotopic (exact) mass is 332 g/mol. The van der Waals surface area contributed by atoms with Crippen LogP contribution in [0.3, 0.4) is 0 Å². The van der Waals surface area contributed by atoms with Gasteiger partial charge in [0.25, 0.3) is 0 Å². The fourth-order valence-electron chi connectivity index (χ4n) is 2.45. The van der Waals surface area contributed by atoms with Crippen LogP contribution in [0.2, 0.25) is 19.6 Å². The summed E-state index contributed by atoms with van der Waals surface area (Å²) < 4.78 is 0. The Morgan fingerprint density at radius 2 is 1.77 bits per heavy atom. The lowest BCUT2D eigenvalue weighted by molar-refractivity contribution is 0.661. The van der Waals surface area contributed by atoms with Gasteiger partial charge in [0.2, 0.25) is 0 Å². The third-order valence-corrected chi connectivity index (χ3v) is 5.56. The standard InChI is InChI=1S/C20H32SSi/c1-5-6-7-9-13-19(18-22(2,3)4)14-12-17-21-20-15-10-8-11-16-20/h8,10-12,15-18H,5-7,9,13-14H2,1-4H3. The molecule has 0 spiro atoms. The molecule has 1 aromatic carbocycles. The van der Waals surface area contributed by atoms with Crippen molar-refractivity contribution in [2.75, 3.05) is 0 Å². The number of thioether (sulfide) groups is 1. The smallest absolute Gasteiger partial charge is 0.0686 e. The van der Waals surface area contributed by atoms with Gasteiger partial charge in [-0.05, 0) is 36.8 Å². The molecule has 0 amide bonds. The molecule has 122 valence electrons. The van der Waals surface area contributed by atoms with Gasteiger partial charge >= 0.3 is 0 Å². The van der Waals surface area contributed by atoms with Gasteiger partial charge in [-0.15, -0.1) is 0 Å². The molecule has 0 N–H and O–H groups in total. The molecule has 0 aliphatic carbocycles. The quantitative estimate of drug-likeness (QED) is 0.243. The highest BCUT2D eigenvalue weighted by atomic mass is 32.2. The summed E-state index contributed by atoms with van der Waals surface area (Å²) in [5.74, 6) is 0. The Morgan fingerprint density at radius 3 is 2.41 bits per heavy atom. The van der Waals surface area contributed by atoms with Crippen LogP contribution in [0.25, 0.3) is 0 Å². The SMILES string of the molecule is CCCCCCC(=C[Si](C)(C)C)CC=CSc1ccccc1. The van der Waals surface area contributed by atoms with Crippen LogP contribution in [0.1, 0.15) is 45.4 Å². The molecule has 0 unspecified atom stereocenters. The van der Waals surface area contributed by atoms with E-state index in [1.165, 1.54) is 37.0 Å². The molecular formula is C20H32SSi. The number of allylic oxidation sites excluding steroid dienone is 2. The molecule has 1 aromatic rings. The molecule has 0 atom stereocenters. The number of benzene rings is 1. The van der Waals surface area contributed by atoms with E-state index in [2.05, 4.69) is 74.1 Å². The van der Waals surface area contributed by atoms with Gasteiger partial charge in [0.1, 0.15) is 0 Å². The minimum atomic E-state index is -1.12. The fourth-order valence-corrected chi connectivity index (χ4v) is 4.60. The lowest BCUT2D eigenvalue weighted by Crippen LogP contribution is -2.16. The third kappa shape index (κ3) is 10.1. The maximum atomic E-state index is 2.61. The van der Waals surface area contributed by atoms with Crippen LogP contribution in [-0.2, 0) is 0 Å². The topological polar surface area (TPSA) is 0 Å². The summed E-state index contributed by atoms with van der Waals surface area (Å²) in [6, 6.07) is 10.6. The number of rotatable bonds is 10. The molecule has 0 heterocycles. The zero-order chi connectivity index (χ0) is 16.3. The van der Waals surface area contributed by atoms with Gasteiger partial charge in [-0.25, -0.2) is 0 Å². The van der Waals surface area contributed by atoms with Crippen molar-refractivity contribution < 1.29 is 0 Å². The fraction of sp³-hybridized carbons (Fsp3) is 0.500. The largest absolute Gasteiger partial charge is 0.0984 e. The van der Waals surface area contributed by atoms with Crippen LogP contribution >= 0.6 is 11.8 Å². The van der Waals surface area contributed by atoms with Crippen LogP contribution in [-0.4, -0.2) is 8.07 Å². The Kier molecular flexibility index (Phi) is 9.57. The molecule has 0 aliphatic heterocycles. The second-order valence-corrected chi connectivity index (χ2v) is 13.0. The maximum absolute atomic E-state index is 2.61. The first-order valence-electron chi connectivity index (χ1n) is 8.58. The number of hydrogen-bond donors (Lipinski definition) is 0. The Bertz CT molecular complexity index is 454. The zero-order valence-electron chi connectivity index (χ0n) is 14.8. The summed E-state index contributed by atoms with van der Waals surface area (Å²) in [6.45, 7) is 9.58. The molecule has 0 aromatic heterocycles. The first-order chi connectivity index (χ1) is 10.5. The second-order valence-electron chi connectivity index (χ2n) is 6.99. The average molecular weight is 333 g/mol. The van der Waals surface area contributed by atoms with Crippen LogP contribution < -0.4 is 0 Å². The lowest BCUT2D eigenvalue weighted by Gasteiger charge is -2.14. The summed E-state index contributed by atoms with van der Waals surface area (Å²) in [7, 11) is -1.12. The molecule has 0 saturated carbocycles. The maximum Gasteiger partial charge on any atom is 0.0686 e. The Hall–Kier alpha value is -0.733. The van der Waals surface area contributed by atoms with Gasteiger partial charge in [0.15, 0.2) is 0 Å². The molecular weight excluding hydrogens is 300 g/mol. The normalized spacial score (nSPS) is 13.0. The van der Waals surface area contributed by atoms with E-state index in [4.69, 9.17) is 0 Å². The molecule has 22 heavy (non-hydrogen) atoms. The summed E-state index contributed by atoms with van der Waals surface area (Å²) in [4.78, 5) is 1.32. The van der Waals surface area contributed by atoms with Crippen LogP contribution in [0.5, 0.6) is 0 Å². The molecule has 1 rings (SSSR count). The lowest BCUT2D eigenvalue weighted by atomic mass is 10.1. The molecule has 2 heteroatoms. The van der Waals surface area contributed by atoms with Crippen molar-refractivity contribution >= 4 is 19.8 Å². The van der Waals surface area contributed by atoms with Crippen molar-refractivity contribution in [3.63, 3.8) is 0 Å². The highest BCUT2D eigenvalue weighted by molar-refractivity contribution is 8.02. The first-order valence-corrected chi connectivity index (χ1v) is 13.0. The summed E-state index contributed by atoms with van der Waals surface area (Å²) in [5.41, 5.74) is 4.26. The molecule has 0 nitrogen and oxygen atoms in total. The predicted molar refractivity (Wildman–Crippen MR) is 106 cm³/mol. The van der Waals surface area contributed by atoms with Gasteiger partial charge in [0.05, 0.1) is 8.07 Å². The first kappa shape index (κ1) is 19.3. The van der Waals surface area contributed by atoms with Gasteiger partial charge in [-0.3, -0.25) is 0 Å². The van der Waals surface area contributed by atoms with E-state index in [-0.39, 0.29) is 0 Å². The minimum absolute atomic E-state index is 1.12. The van der Waals surface area contributed by atoms with Crippen molar-refractivity contribution in [3.05, 3.63) is 53.1 Å². The average Bonchev–Trinajstić information content (AvgIpc) is 2.47. The Labute approximate surface area is 143 Å². The summed E-state index contributed by atoms with van der Waals surface area (Å²) in [6.07, 6.45) is 10.2. The van der Waals surface area contributed by atoms with E-state index < -0.39 is 8.07 Å². The predicted octanol–water partition coefficient (Wildman–Crippen LogP) is 7.46. The van der Waals surface area contributed by atoms with Crippen LogP contribution in [0.4, 0.5) is 0 Å². The van der Waals surface area contributed by atoms with E-state index in [0.717, 1.165) is 6.42 Å². The van der Waals surface area contributed by atoms with E-state index >= 15 is 0 Å². The van der Waals surface area contributed by atoms with Crippen molar-refractivity contribution in [3.8, 4) is 0 Å². The molecule has 0 radical (unpaired) electrons. The van der Waals surface area contributed by atoms with E-state index in [9.17, 15) is 0 Å². The van der Waals surface area contributed by atoms with Gasteiger partial charge < -0.3 is 0 Å². The number of hydrogen-bond acceptors (Lipinski definition) is 1. The summed E-state index contributed by atoms with van der Waals surface area (Å²) in [5, 5.41) is 2.25. The Morgan fingerprint density at radius 1 is 1.05 bits per heavy atom. The van der Waals surface area contributed by atoms with Crippen molar-refractivity contribution in [2.24, 2.45) is 0 Å². The van der Waals surface area contributed by atoms with Crippen LogP contribution in [0, 0.1) is 0 Å².